The number of carbonyl (C=O) groups is 1. The lowest BCUT2D eigenvalue weighted by Gasteiger charge is -2.04. The zero-order valence-electron chi connectivity index (χ0n) is 18.2. The standard InChI is InChI=1S/C24H24N6O3/c1-33-21-10-6-5-9-18(21)19-15-20(27-26-19)23(31)25-13-14-29-24(32)30(17-7-3-2-4-8-17)22(28-29)16-11-12-16/h2-10,15-16H,11-14H2,1H3,(H,25,31)(H,26,27). The maximum Gasteiger partial charge on any atom is 0.350 e. The van der Waals surface area contributed by atoms with Crippen molar-refractivity contribution in [3.63, 3.8) is 0 Å². The predicted molar refractivity (Wildman–Crippen MR) is 123 cm³/mol. The molecular weight excluding hydrogens is 420 g/mol. The van der Waals surface area contributed by atoms with Gasteiger partial charge in [-0.05, 0) is 43.2 Å². The number of aromatic amines is 1. The van der Waals surface area contributed by atoms with Gasteiger partial charge < -0.3 is 10.1 Å². The summed E-state index contributed by atoms with van der Waals surface area (Å²) in [7, 11) is 1.59. The maximum absolute atomic E-state index is 13.0. The molecule has 168 valence electrons. The number of amides is 1. The van der Waals surface area contributed by atoms with Crippen LogP contribution in [0.5, 0.6) is 5.75 Å². The van der Waals surface area contributed by atoms with Crippen LogP contribution in [0, 0.1) is 0 Å². The summed E-state index contributed by atoms with van der Waals surface area (Å²) in [6.07, 6.45) is 2.07. The third-order valence-electron chi connectivity index (χ3n) is 5.64. The SMILES string of the molecule is COc1ccccc1-c1cc(C(=O)NCCn2nc(C3CC3)n(-c3ccccc3)c2=O)[nH]n1. The number of hydrogen-bond acceptors (Lipinski definition) is 5. The van der Waals surface area contributed by atoms with Crippen LogP contribution in [0.3, 0.4) is 0 Å². The van der Waals surface area contributed by atoms with Crippen LogP contribution in [0.4, 0.5) is 0 Å². The first kappa shape index (κ1) is 20.7. The van der Waals surface area contributed by atoms with Gasteiger partial charge in [-0.15, -0.1) is 0 Å². The summed E-state index contributed by atoms with van der Waals surface area (Å²) in [4.78, 5) is 25.6. The van der Waals surface area contributed by atoms with Crippen molar-refractivity contribution in [1.29, 1.82) is 0 Å². The first-order chi connectivity index (χ1) is 16.2. The van der Waals surface area contributed by atoms with Gasteiger partial charge in [0.05, 0.1) is 25.0 Å². The Hall–Kier alpha value is -4.14. The van der Waals surface area contributed by atoms with E-state index in [1.165, 1.54) is 4.68 Å². The van der Waals surface area contributed by atoms with Crippen LogP contribution in [0.25, 0.3) is 16.9 Å². The van der Waals surface area contributed by atoms with Gasteiger partial charge in [0.2, 0.25) is 0 Å². The molecule has 0 radical (unpaired) electrons. The molecule has 0 saturated heterocycles. The van der Waals surface area contributed by atoms with E-state index >= 15 is 0 Å². The number of carbonyl (C=O) groups excluding carboxylic acids is 1. The quantitative estimate of drug-likeness (QED) is 0.435. The summed E-state index contributed by atoms with van der Waals surface area (Å²) in [6.45, 7) is 0.537. The van der Waals surface area contributed by atoms with Gasteiger partial charge in [-0.2, -0.15) is 10.2 Å². The molecule has 2 aromatic heterocycles. The van der Waals surface area contributed by atoms with Gasteiger partial charge in [0, 0.05) is 18.0 Å². The Labute approximate surface area is 190 Å². The average Bonchev–Trinajstić information content (AvgIpc) is 3.48. The van der Waals surface area contributed by atoms with E-state index in [1.54, 1.807) is 17.7 Å². The number of nitrogens with zero attached hydrogens (tertiary/aromatic N) is 4. The fraction of sp³-hybridized carbons (Fsp3) is 0.250. The van der Waals surface area contributed by atoms with E-state index in [9.17, 15) is 9.59 Å². The molecule has 1 saturated carbocycles. The summed E-state index contributed by atoms with van der Waals surface area (Å²) in [6, 6.07) is 18.7. The number of methoxy groups -OCH3 is 1. The van der Waals surface area contributed by atoms with Gasteiger partial charge in [-0.25, -0.2) is 14.0 Å². The summed E-state index contributed by atoms with van der Waals surface area (Å²) in [5, 5.41) is 14.4. The minimum absolute atomic E-state index is 0.197. The fourth-order valence-corrected chi connectivity index (χ4v) is 3.80. The Kier molecular flexibility index (Phi) is 5.52. The highest BCUT2D eigenvalue weighted by Gasteiger charge is 2.31. The summed E-state index contributed by atoms with van der Waals surface area (Å²) >= 11 is 0. The molecule has 2 heterocycles. The maximum atomic E-state index is 13.0. The number of H-pyrrole nitrogens is 1. The summed E-state index contributed by atoms with van der Waals surface area (Å²) in [5.41, 5.74) is 2.35. The second-order valence-electron chi connectivity index (χ2n) is 7.93. The number of para-hydroxylation sites is 2. The molecular formula is C24H24N6O3. The van der Waals surface area contributed by atoms with Gasteiger partial charge >= 0.3 is 5.69 Å². The van der Waals surface area contributed by atoms with Crippen molar-refractivity contribution < 1.29 is 9.53 Å². The van der Waals surface area contributed by atoms with Crippen molar-refractivity contribution in [1.82, 2.24) is 29.9 Å². The molecule has 1 aliphatic rings. The van der Waals surface area contributed by atoms with Crippen LogP contribution in [0.15, 0.2) is 65.5 Å². The highest BCUT2D eigenvalue weighted by Crippen LogP contribution is 2.39. The monoisotopic (exact) mass is 444 g/mol. The second kappa shape index (κ2) is 8.78. The number of ether oxygens (including phenoxy) is 1. The smallest absolute Gasteiger partial charge is 0.350 e. The molecule has 2 aromatic carbocycles. The van der Waals surface area contributed by atoms with Crippen molar-refractivity contribution in [2.24, 2.45) is 0 Å². The predicted octanol–water partition coefficient (Wildman–Crippen LogP) is 2.74. The van der Waals surface area contributed by atoms with Crippen molar-refractivity contribution in [3.05, 3.63) is 82.7 Å². The second-order valence-corrected chi connectivity index (χ2v) is 7.93. The lowest BCUT2D eigenvalue weighted by Crippen LogP contribution is -2.32. The first-order valence-corrected chi connectivity index (χ1v) is 10.9. The molecule has 1 aliphatic carbocycles. The topological polar surface area (TPSA) is 107 Å². The third kappa shape index (κ3) is 4.17. The Bertz CT molecular complexity index is 1330. The highest BCUT2D eigenvalue weighted by molar-refractivity contribution is 5.93. The van der Waals surface area contributed by atoms with E-state index < -0.39 is 0 Å². The van der Waals surface area contributed by atoms with E-state index in [0.29, 0.717) is 23.1 Å². The Morgan fingerprint density at radius 3 is 2.67 bits per heavy atom. The van der Waals surface area contributed by atoms with E-state index in [2.05, 4.69) is 20.6 Å². The van der Waals surface area contributed by atoms with Crippen molar-refractivity contribution >= 4 is 5.91 Å². The molecule has 0 unspecified atom stereocenters. The average molecular weight is 444 g/mol. The largest absolute Gasteiger partial charge is 0.496 e. The van der Waals surface area contributed by atoms with Gasteiger partial charge in [-0.3, -0.25) is 9.89 Å². The van der Waals surface area contributed by atoms with Crippen molar-refractivity contribution in [2.45, 2.75) is 25.3 Å². The molecule has 9 nitrogen and oxygen atoms in total. The van der Waals surface area contributed by atoms with Crippen LogP contribution in [0.2, 0.25) is 0 Å². The molecule has 33 heavy (non-hydrogen) atoms. The molecule has 9 heteroatoms. The third-order valence-corrected chi connectivity index (χ3v) is 5.64. The van der Waals surface area contributed by atoms with Crippen molar-refractivity contribution in [3.8, 4) is 22.7 Å². The van der Waals surface area contributed by atoms with Gasteiger partial charge in [0.1, 0.15) is 17.3 Å². The molecule has 1 amide bonds. The minimum Gasteiger partial charge on any atom is -0.496 e. The molecule has 5 rings (SSSR count). The van der Waals surface area contributed by atoms with Crippen LogP contribution in [-0.2, 0) is 6.54 Å². The number of benzene rings is 2. The molecule has 0 aliphatic heterocycles. The fourth-order valence-electron chi connectivity index (χ4n) is 3.80. The van der Waals surface area contributed by atoms with Crippen LogP contribution >= 0.6 is 0 Å². The van der Waals surface area contributed by atoms with Crippen LogP contribution in [0.1, 0.15) is 35.1 Å². The van der Waals surface area contributed by atoms with Gasteiger partial charge in [0.15, 0.2) is 0 Å². The highest BCUT2D eigenvalue weighted by atomic mass is 16.5. The zero-order valence-corrected chi connectivity index (χ0v) is 18.2. The number of aromatic nitrogens is 5. The van der Waals surface area contributed by atoms with E-state index in [4.69, 9.17) is 4.74 Å². The van der Waals surface area contributed by atoms with Crippen molar-refractivity contribution in [2.75, 3.05) is 13.7 Å². The summed E-state index contributed by atoms with van der Waals surface area (Å²) in [5.74, 6) is 1.47. The lowest BCUT2D eigenvalue weighted by atomic mass is 10.1. The first-order valence-electron chi connectivity index (χ1n) is 10.9. The van der Waals surface area contributed by atoms with E-state index in [0.717, 1.165) is 29.9 Å². The van der Waals surface area contributed by atoms with E-state index in [-0.39, 0.29) is 24.7 Å². The number of rotatable bonds is 8. The molecule has 0 bridgehead atoms. The Morgan fingerprint density at radius 1 is 1.15 bits per heavy atom. The Balaban J connectivity index is 1.28. The number of nitrogens with one attached hydrogen (secondary N) is 2. The van der Waals surface area contributed by atoms with Crippen LogP contribution < -0.4 is 15.7 Å². The van der Waals surface area contributed by atoms with Gasteiger partial charge in [-0.1, -0.05) is 30.3 Å². The Morgan fingerprint density at radius 2 is 1.91 bits per heavy atom. The molecule has 4 aromatic rings. The molecule has 1 fully saturated rings. The number of hydrogen-bond donors (Lipinski definition) is 2. The molecule has 2 N–H and O–H groups in total. The molecule has 0 atom stereocenters. The normalized spacial score (nSPS) is 13.1. The lowest BCUT2D eigenvalue weighted by molar-refractivity contribution is 0.0946. The summed E-state index contributed by atoms with van der Waals surface area (Å²) < 4.78 is 8.46. The minimum atomic E-state index is -0.304. The van der Waals surface area contributed by atoms with Gasteiger partial charge in [0.25, 0.3) is 5.91 Å². The zero-order chi connectivity index (χ0) is 22.8. The van der Waals surface area contributed by atoms with Crippen LogP contribution in [-0.4, -0.2) is 44.1 Å². The molecule has 0 spiro atoms. The van der Waals surface area contributed by atoms with E-state index in [1.807, 2.05) is 54.6 Å².